The summed E-state index contributed by atoms with van der Waals surface area (Å²) in [4.78, 5) is 16.9. The molecule has 0 saturated heterocycles. The van der Waals surface area contributed by atoms with Gasteiger partial charge in [0.15, 0.2) is 0 Å². The fourth-order valence-corrected chi connectivity index (χ4v) is 1.68. The second-order valence-electron chi connectivity index (χ2n) is 4.33. The lowest BCUT2D eigenvalue weighted by molar-refractivity contribution is -0.135. The molecule has 1 heterocycles. The molecule has 18 heavy (non-hydrogen) atoms. The summed E-state index contributed by atoms with van der Waals surface area (Å²) in [5, 5.41) is 17.1. The SMILES string of the molecule is CCc1nnc(N(CC(=O)O)C(C)C)nc1CC. The van der Waals surface area contributed by atoms with Gasteiger partial charge in [0, 0.05) is 6.04 Å². The van der Waals surface area contributed by atoms with E-state index in [2.05, 4.69) is 15.2 Å². The molecule has 0 aromatic carbocycles. The van der Waals surface area contributed by atoms with E-state index in [4.69, 9.17) is 5.11 Å². The molecular formula is C12H20N4O2. The lowest BCUT2D eigenvalue weighted by Crippen LogP contribution is -2.37. The van der Waals surface area contributed by atoms with Gasteiger partial charge in [-0.1, -0.05) is 13.8 Å². The smallest absolute Gasteiger partial charge is 0.323 e. The Morgan fingerprint density at radius 2 is 1.83 bits per heavy atom. The zero-order chi connectivity index (χ0) is 13.7. The van der Waals surface area contributed by atoms with Crippen LogP contribution in [0.2, 0.25) is 0 Å². The highest BCUT2D eigenvalue weighted by Gasteiger charge is 2.18. The average molecular weight is 252 g/mol. The van der Waals surface area contributed by atoms with E-state index in [1.807, 2.05) is 27.7 Å². The van der Waals surface area contributed by atoms with Gasteiger partial charge in [0.1, 0.15) is 6.54 Å². The number of aliphatic carboxylic acids is 1. The van der Waals surface area contributed by atoms with Gasteiger partial charge in [-0.3, -0.25) is 4.79 Å². The average Bonchev–Trinajstić information content (AvgIpc) is 2.34. The Kier molecular flexibility index (Phi) is 5.00. The van der Waals surface area contributed by atoms with Gasteiger partial charge in [-0.05, 0) is 26.7 Å². The predicted molar refractivity (Wildman–Crippen MR) is 68.7 cm³/mol. The minimum absolute atomic E-state index is 0.0140. The summed E-state index contributed by atoms with van der Waals surface area (Å²) < 4.78 is 0. The number of anilines is 1. The number of carbonyl (C=O) groups is 1. The molecular weight excluding hydrogens is 232 g/mol. The van der Waals surface area contributed by atoms with E-state index in [-0.39, 0.29) is 12.6 Å². The summed E-state index contributed by atoms with van der Waals surface area (Å²) in [5.41, 5.74) is 1.76. The third-order valence-electron chi connectivity index (χ3n) is 2.68. The molecule has 1 N–H and O–H groups in total. The first-order valence-electron chi connectivity index (χ1n) is 6.20. The summed E-state index contributed by atoms with van der Waals surface area (Å²) in [5.74, 6) is -0.508. The van der Waals surface area contributed by atoms with Crippen molar-refractivity contribution < 1.29 is 9.90 Å². The predicted octanol–water partition coefficient (Wildman–Crippen LogP) is 1.30. The van der Waals surface area contributed by atoms with E-state index < -0.39 is 5.97 Å². The van der Waals surface area contributed by atoms with Gasteiger partial charge in [-0.15, -0.1) is 5.10 Å². The molecule has 100 valence electrons. The zero-order valence-electron chi connectivity index (χ0n) is 11.3. The van der Waals surface area contributed by atoms with Crippen LogP contribution < -0.4 is 4.90 Å². The molecule has 1 rings (SSSR count). The highest BCUT2D eigenvalue weighted by molar-refractivity contribution is 5.72. The van der Waals surface area contributed by atoms with E-state index in [0.717, 1.165) is 24.2 Å². The van der Waals surface area contributed by atoms with Crippen LogP contribution in [0.5, 0.6) is 0 Å². The van der Waals surface area contributed by atoms with Gasteiger partial charge >= 0.3 is 5.97 Å². The minimum atomic E-state index is -0.898. The summed E-state index contributed by atoms with van der Waals surface area (Å²) >= 11 is 0. The molecule has 0 aliphatic carbocycles. The van der Waals surface area contributed by atoms with Crippen LogP contribution in [0.1, 0.15) is 39.1 Å². The molecule has 0 atom stereocenters. The quantitative estimate of drug-likeness (QED) is 0.822. The van der Waals surface area contributed by atoms with Crippen LogP contribution in [0.3, 0.4) is 0 Å². The Hall–Kier alpha value is -1.72. The number of carboxylic acids is 1. The number of hydrogen-bond acceptors (Lipinski definition) is 5. The van der Waals surface area contributed by atoms with Crippen molar-refractivity contribution in [3.8, 4) is 0 Å². The highest BCUT2D eigenvalue weighted by atomic mass is 16.4. The minimum Gasteiger partial charge on any atom is -0.480 e. The van der Waals surface area contributed by atoms with Crippen LogP contribution in [0, 0.1) is 0 Å². The molecule has 1 aromatic heterocycles. The second-order valence-corrected chi connectivity index (χ2v) is 4.33. The molecule has 0 radical (unpaired) electrons. The van der Waals surface area contributed by atoms with Gasteiger partial charge in [0.25, 0.3) is 0 Å². The Labute approximate surface area is 107 Å². The Balaban J connectivity index is 3.09. The van der Waals surface area contributed by atoms with Gasteiger partial charge < -0.3 is 10.0 Å². The number of aromatic nitrogens is 3. The maximum atomic E-state index is 10.8. The van der Waals surface area contributed by atoms with Crippen LogP contribution >= 0.6 is 0 Å². The summed E-state index contributed by atoms with van der Waals surface area (Å²) in [6, 6.07) is 0.0140. The van der Waals surface area contributed by atoms with Gasteiger partial charge in [0.2, 0.25) is 5.95 Å². The Morgan fingerprint density at radius 3 is 2.28 bits per heavy atom. The number of rotatable bonds is 6. The largest absolute Gasteiger partial charge is 0.480 e. The van der Waals surface area contributed by atoms with E-state index in [9.17, 15) is 4.79 Å². The lowest BCUT2D eigenvalue weighted by atomic mass is 10.2. The number of hydrogen-bond donors (Lipinski definition) is 1. The van der Waals surface area contributed by atoms with E-state index in [1.165, 1.54) is 0 Å². The number of nitrogens with zero attached hydrogens (tertiary/aromatic N) is 4. The molecule has 0 saturated carbocycles. The van der Waals surface area contributed by atoms with Crippen molar-refractivity contribution in [3.05, 3.63) is 11.4 Å². The fourth-order valence-electron chi connectivity index (χ4n) is 1.68. The second kappa shape index (κ2) is 6.28. The van der Waals surface area contributed by atoms with Crippen molar-refractivity contribution in [3.63, 3.8) is 0 Å². The highest BCUT2D eigenvalue weighted by Crippen LogP contribution is 2.13. The molecule has 0 amide bonds. The molecule has 6 nitrogen and oxygen atoms in total. The third-order valence-corrected chi connectivity index (χ3v) is 2.68. The Morgan fingerprint density at radius 1 is 1.22 bits per heavy atom. The maximum Gasteiger partial charge on any atom is 0.323 e. The van der Waals surface area contributed by atoms with Crippen molar-refractivity contribution in [2.75, 3.05) is 11.4 Å². The molecule has 0 fully saturated rings. The Bertz CT molecular complexity index is 421. The molecule has 0 bridgehead atoms. The van der Waals surface area contributed by atoms with Crippen molar-refractivity contribution >= 4 is 11.9 Å². The van der Waals surface area contributed by atoms with Crippen molar-refractivity contribution in [2.45, 2.75) is 46.6 Å². The standard InChI is InChI=1S/C12H20N4O2/c1-5-9-10(6-2)14-15-12(13-9)16(8(3)4)7-11(17)18/h8H,5-7H2,1-4H3,(H,17,18). The number of aryl methyl sites for hydroxylation is 2. The first kappa shape index (κ1) is 14.3. The topological polar surface area (TPSA) is 79.2 Å². The van der Waals surface area contributed by atoms with Gasteiger partial charge in [-0.2, -0.15) is 5.10 Å². The van der Waals surface area contributed by atoms with E-state index in [0.29, 0.717) is 5.95 Å². The van der Waals surface area contributed by atoms with Crippen LogP contribution in [0.15, 0.2) is 0 Å². The third kappa shape index (κ3) is 3.38. The first-order chi connectivity index (χ1) is 8.49. The summed E-state index contributed by atoms with van der Waals surface area (Å²) in [6.45, 7) is 7.71. The van der Waals surface area contributed by atoms with Crippen molar-refractivity contribution in [1.82, 2.24) is 15.2 Å². The lowest BCUT2D eigenvalue weighted by Gasteiger charge is -2.24. The molecule has 0 unspecified atom stereocenters. The van der Waals surface area contributed by atoms with Gasteiger partial charge in [0.05, 0.1) is 11.4 Å². The molecule has 0 aliphatic rings. The summed E-state index contributed by atoms with van der Waals surface area (Å²) in [7, 11) is 0. The van der Waals surface area contributed by atoms with Crippen molar-refractivity contribution in [1.29, 1.82) is 0 Å². The molecule has 6 heteroatoms. The fraction of sp³-hybridized carbons (Fsp3) is 0.667. The van der Waals surface area contributed by atoms with Gasteiger partial charge in [-0.25, -0.2) is 4.98 Å². The monoisotopic (exact) mass is 252 g/mol. The van der Waals surface area contributed by atoms with Crippen LogP contribution in [0.25, 0.3) is 0 Å². The zero-order valence-corrected chi connectivity index (χ0v) is 11.3. The van der Waals surface area contributed by atoms with Crippen LogP contribution in [-0.2, 0) is 17.6 Å². The first-order valence-corrected chi connectivity index (χ1v) is 6.20. The summed E-state index contributed by atoms with van der Waals surface area (Å²) in [6.07, 6.45) is 1.55. The molecule has 0 aliphatic heterocycles. The number of carboxylic acid groups (broad SMARTS) is 1. The van der Waals surface area contributed by atoms with Crippen LogP contribution in [0.4, 0.5) is 5.95 Å². The normalized spacial score (nSPS) is 10.7. The molecule has 1 aromatic rings. The van der Waals surface area contributed by atoms with E-state index in [1.54, 1.807) is 4.90 Å². The molecule has 0 spiro atoms. The van der Waals surface area contributed by atoms with E-state index >= 15 is 0 Å². The van der Waals surface area contributed by atoms with Crippen molar-refractivity contribution in [2.24, 2.45) is 0 Å². The maximum absolute atomic E-state index is 10.8. The van der Waals surface area contributed by atoms with Crippen LogP contribution in [-0.4, -0.2) is 38.8 Å².